The van der Waals surface area contributed by atoms with Crippen molar-refractivity contribution in [2.75, 3.05) is 6.79 Å². The van der Waals surface area contributed by atoms with Crippen molar-refractivity contribution in [2.24, 2.45) is 0 Å². The van der Waals surface area contributed by atoms with E-state index in [2.05, 4.69) is 0 Å². The third-order valence-electron chi connectivity index (χ3n) is 3.31. The first-order valence-electron chi connectivity index (χ1n) is 6.71. The van der Waals surface area contributed by atoms with E-state index in [0.29, 0.717) is 17.8 Å². The lowest BCUT2D eigenvalue weighted by atomic mass is 10.0. The number of Topliss-reactive ketones (excluding diaryl/α,β-unsaturated/α-hetero) is 2. The minimum atomic E-state index is -0.174. The number of allylic oxidation sites excluding steroid dienone is 4. The van der Waals surface area contributed by atoms with Gasteiger partial charge in [-0.15, -0.1) is 0 Å². The van der Waals surface area contributed by atoms with Crippen molar-refractivity contribution < 1.29 is 23.5 Å². The molecular formula is C16H14O5. The molecule has 0 aromatic carbocycles. The summed E-state index contributed by atoms with van der Waals surface area (Å²) < 4.78 is 15.6. The van der Waals surface area contributed by atoms with Gasteiger partial charge >= 0.3 is 0 Å². The van der Waals surface area contributed by atoms with Crippen molar-refractivity contribution in [3.63, 3.8) is 0 Å². The van der Waals surface area contributed by atoms with Gasteiger partial charge in [0.1, 0.15) is 5.76 Å². The quantitative estimate of drug-likeness (QED) is 0.779. The molecule has 0 saturated carbocycles. The predicted octanol–water partition coefficient (Wildman–Crippen LogP) is 2.91. The van der Waals surface area contributed by atoms with Gasteiger partial charge in [0.2, 0.25) is 6.79 Å². The lowest BCUT2D eigenvalue weighted by Crippen LogP contribution is -2.06. The molecule has 0 atom stereocenters. The molecule has 3 rings (SSSR count). The van der Waals surface area contributed by atoms with Gasteiger partial charge in [-0.25, -0.2) is 0 Å². The van der Waals surface area contributed by atoms with Crippen molar-refractivity contribution in [2.45, 2.75) is 19.3 Å². The highest BCUT2D eigenvalue weighted by Crippen LogP contribution is 2.26. The molecule has 21 heavy (non-hydrogen) atoms. The third-order valence-corrected chi connectivity index (χ3v) is 3.31. The Balaban J connectivity index is 1.64. The van der Waals surface area contributed by atoms with Crippen LogP contribution in [0.2, 0.25) is 0 Å². The number of furan rings is 1. The van der Waals surface area contributed by atoms with Crippen LogP contribution in [0.1, 0.15) is 29.8 Å². The van der Waals surface area contributed by atoms with E-state index in [9.17, 15) is 9.59 Å². The van der Waals surface area contributed by atoms with Gasteiger partial charge in [-0.3, -0.25) is 9.59 Å². The largest absolute Gasteiger partial charge is 0.461 e. The predicted molar refractivity (Wildman–Crippen MR) is 73.2 cm³/mol. The fourth-order valence-corrected chi connectivity index (χ4v) is 2.18. The average Bonchev–Trinajstić information content (AvgIpc) is 3.13. The number of ether oxygens (including phenoxy) is 2. The van der Waals surface area contributed by atoms with E-state index in [1.807, 2.05) is 6.08 Å². The van der Waals surface area contributed by atoms with Crippen LogP contribution in [0.3, 0.4) is 0 Å². The number of carbonyl (C=O) groups excluding carboxylic acids is 2. The SMILES string of the molecule is O=C(CCC(=O)c1ccco1)C1=CC2=C(CC=C1)OCO2. The van der Waals surface area contributed by atoms with Crippen LogP contribution in [0.25, 0.3) is 0 Å². The normalized spacial score (nSPS) is 16.7. The Morgan fingerprint density at radius 3 is 2.81 bits per heavy atom. The number of rotatable bonds is 5. The first kappa shape index (κ1) is 13.4. The summed E-state index contributed by atoms with van der Waals surface area (Å²) in [6.07, 6.45) is 7.58. The standard InChI is InChI=1S/C16H14O5/c17-12(6-7-13(18)14-5-2-8-19-14)11-3-1-4-15-16(9-11)21-10-20-15/h1-3,5,8-9H,4,6-7,10H2. The number of hydrogen-bond donors (Lipinski definition) is 0. The van der Waals surface area contributed by atoms with Crippen molar-refractivity contribution >= 4 is 11.6 Å². The van der Waals surface area contributed by atoms with E-state index < -0.39 is 0 Å². The maximum Gasteiger partial charge on any atom is 0.230 e. The Labute approximate surface area is 121 Å². The molecule has 5 heteroatoms. The molecule has 5 nitrogen and oxygen atoms in total. The van der Waals surface area contributed by atoms with E-state index >= 15 is 0 Å². The van der Waals surface area contributed by atoms with E-state index in [1.165, 1.54) is 6.26 Å². The molecule has 0 fully saturated rings. The van der Waals surface area contributed by atoms with E-state index in [4.69, 9.17) is 13.9 Å². The van der Waals surface area contributed by atoms with Gasteiger partial charge in [0.15, 0.2) is 23.1 Å². The molecule has 0 amide bonds. The average molecular weight is 286 g/mol. The van der Waals surface area contributed by atoms with Gasteiger partial charge in [0, 0.05) is 24.8 Å². The van der Waals surface area contributed by atoms with Crippen molar-refractivity contribution in [3.05, 3.63) is 59.5 Å². The minimum absolute atomic E-state index is 0.101. The summed E-state index contributed by atoms with van der Waals surface area (Å²) in [5.41, 5.74) is 0.526. The summed E-state index contributed by atoms with van der Waals surface area (Å²) in [5, 5.41) is 0. The second-order valence-electron chi connectivity index (χ2n) is 4.72. The van der Waals surface area contributed by atoms with Gasteiger partial charge in [-0.1, -0.05) is 12.2 Å². The lowest BCUT2D eigenvalue weighted by Gasteiger charge is -2.01. The molecule has 2 aliphatic rings. The van der Waals surface area contributed by atoms with Crippen LogP contribution in [0.5, 0.6) is 0 Å². The molecular weight excluding hydrogens is 272 g/mol. The third kappa shape index (κ3) is 2.97. The zero-order valence-electron chi connectivity index (χ0n) is 11.3. The fourth-order valence-electron chi connectivity index (χ4n) is 2.18. The van der Waals surface area contributed by atoms with E-state index in [1.54, 1.807) is 24.3 Å². The second kappa shape index (κ2) is 5.83. The Bertz CT molecular complexity index is 646. The maximum absolute atomic E-state index is 12.2. The molecule has 0 radical (unpaired) electrons. The van der Waals surface area contributed by atoms with Gasteiger partial charge < -0.3 is 13.9 Å². The Morgan fingerprint density at radius 1 is 1.14 bits per heavy atom. The van der Waals surface area contributed by atoms with Crippen molar-refractivity contribution in [3.8, 4) is 0 Å². The fraction of sp³-hybridized carbons (Fsp3) is 0.250. The van der Waals surface area contributed by atoms with Crippen LogP contribution in [-0.4, -0.2) is 18.4 Å². The molecule has 1 aliphatic carbocycles. The maximum atomic E-state index is 12.2. The molecule has 0 unspecified atom stereocenters. The van der Waals surface area contributed by atoms with E-state index in [0.717, 1.165) is 5.76 Å². The molecule has 1 aromatic heterocycles. The van der Waals surface area contributed by atoms with Gasteiger partial charge in [-0.05, 0) is 18.2 Å². The Morgan fingerprint density at radius 2 is 2.00 bits per heavy atom. The zero-order chi connectivity index (χ0) is 14.7. The highest BCUT2D eigenvalue weighted by atomic mass is 16.7. The zero-order valence-corrected chi connectivity index (χ0v) is 11.3. The minimum Gasteiger partial charge on any atom is -0.461 e. The highest BCUT2D eigenvalue weighted by molar-refractivity contribution is 6.02. The number of carbonyl (C=O) groups is 2. The number of hydrogen-bond acceptors (Lipinski definition) is 5. The monoisotopic (exact) mass is 286 g/mol. The first-order chi connectivity index (χ1) is 10.2. The molecule has 0 bridgehead atoms. The molecule has 2 heterocycles. The lowest BCUT2D eigenvalue weighted by molar-refractivity contribution is -0.115. The smallest absolute Gasteiger partial charge is 0.230 e. The summed E-state index contributed by atoms with van der Waals surface area (Å²) in [6, 6.07) is 3.25. The van der Waals surface area contributed by atoms with Gasteiger partial charge in [0.05, 0.1) is 6.26 Å². The van der Waals surface area contributed by atoms with Crippen LogP contribution in [0.4, 0.5) is 0 Å². The number of ketones is 2. The summed E-state index contributed by atoms with van der Waals surface area (Å²) >= 11 is 0. The first-order valence-corrected chi connectivity index (χ1v) is 6.71. The van der Waals surface area contributed by atoms with Crippen LogP contribution in [0, 0.1) is 0 Å². The van der Waals surface area contributed by atoms with Crippen LogP contribution < -0.4 is 0 Å². The second-order valence-corrected chi connectivity index (χ2v) is 4.72. The molecule has 108 valence electrons. The summed E-state index contributed by atoms with van der Waals surface area (Å²) in [4.78, 5) is 24.0. The van der Waals surface area contributed by atoms with Gasteiger partial charge in [0.25, 0.3) is 0 Å². The molecule has 1 aromatic rings. The van der Waals surface area contributed by atoms with Crippen LogP contribution >= 0.6 is 0 Å². The topological polar surface area (TPSA) is 65.7 Å². The summed E-state index contributed by atoms with van der Waals surface area (Å²) in [5.74, 6) is 1.34. The summed E-state index contributed by atoms with van der Waals surface area (Å²) in [6.45, 7) is 0.188. The molecule has 0 N–H and O–H groups in total. The highest BCUT2D eigenvalue weighted by Gasteiger charge is 2.20. The Hall–Kier alpha value is -2.56. The van der Waals surface area contributed by atoms with Crippen LogP contribution in [-0.2, 0) is 14.3 Å². The Kier molecular flexibility index (Phi) is 3.73. The van der Waals surface area contributed by atoms with Crippen molar-refractivity contribution in [1.82, 2.24) is 0 Å². The van der Waals surface area contributed by atoms with E-state index in [-0.39, 0.29) is 37.0 Å². The molecule has 0 saturated heterocycles. The molecule has 0 spiro atoms. The van der Waals surface area contributed by atoms with Crippen molar-refractivity contribution in [1.29, 1.82) is 0 Å². The van der Waals surface area contributed by atoms with Crippen LogP contribution in [0.15, 0.2) is 58.1 Å². The summed E-state index contributed by atoms with van der Waals surface area (Å²) in [7, 11) is 0. The molecule has 1 aliphatic heterocycles. The van der Waals surface area contributed by atoms with Gasteiger partial charge in [-0.2, -0.15) is 0 Å².